The fourth-order valence-electron chi connectivity index (χ4n) is 6.95. The third kappa shape index (κ3) is 4.48. The van der Waals surface area contributed by atoms with Gasteiger partial charge >= 0.3 is 5.97 Å². The molecular formula is C29H32O4. The Hall–Kier alpha value is -2.88. The number of ether oxygens (including phenoxy) is 2. The van der Waals surface area contributed by atoms with Crippen LogP contribution in [0.3, 0.4) is 0 Å². The van der Waals surface area contributed by atoms with E-state index in [9.17, 15) is 9.59 Å². The number of methoxy groups -OCH3 is 1. The van der Waals surface area contributed by atoms with Crippen molar-refractivity contribution in [3.05, 3.63) is 77.1 Å². The SMILES string of the molecule is COC(=O)c1cccc(CC(=O)/C=C/Oc2ccc(C34CC5CC(CC(C5)C3)C4)cc2C)c1. The molecule has 4 fully saturated rings. The zero-order valence-electron chi connectivity index (χ0n) is 19.5. The summed E-state index contributed by atoms with van der Waals surface area (Å²) in [5.74, 6) is 3.08. The highest BCUT2D eigenvalue weighted by atomic mass is 16.5. The van der Waals surface area contributed by atoms with Gasteiger partial charge in [0.25, 0.3) is 0 Å². The molecule has 0 N–H and O–H groups in total. The van der Waals surface area contributed by atoms with E-state index in [1.165, 1.54) is 63.5 Å². The number of hydrogen-bond acceptors (Lipinski definition) is 4. The van der Waals surface area contributed by atoms with E-state index in [2.05, 4.69) is 25.1 Å². The molecule has 2 aromatic rings. The van der Waals surface area contributed by atoms with Crippen LogP contribution in [0.4, 0.5) is 0 Å². The summed E-state index contributed by atoms with van der Waals surface area (Å²) in [7, 11) is 1.35. The van der Waals surface area contributed by atoms with Gasteiger partial charge in [-0.2, -0.15) is 0 Å². The van der Waals surface area contributed by atoms with Crippen molar-refractivity contribution >= 4 is 11.8 Å². The summed E-state index contributed by atoms with van der Waals surface area (Å²) in [4.78, 5) is 24.0. The van der Waals surface area contributed by atoms with Gasteiger partial charge < -0.3 is 9.47 Å². The maximum Gasteiger partial charge on any atom is 0.337 e. The minimum absolute atomic E-state index is 0.0835. The molecule has 4 heteroatoms. The molecule has 0 saturated heterocycles. The summed E-state index contributed by atoms with van der Waals surface area (Å²) < 4.78 is 10.6. The van der Waals surface area contributed by atoms with Gasteiger partial charge in [0.05, 0.1) is 18.9 Å². The molecule has 4 aliphatic carbocycles. The monoisotopic (exact) mass is 444 g/mol. The van der Waals surface area contributed by atoms with Gasteiger partial charge in [-0.15, -0.1) is 0 Å². The largest absolute Gasteiger partial charge is 0.465 e. The maximum absolute atomic E-state index is 12.4. The first kappa shape index (κ1) is 21.9. The fraction of sp³-hybridized carbons (Fsp3) is 0.448. The zero-order valence-corrected chi connectivity index (χ0v) is 19.5. The second-order valence-corrected chi connectivity index (χ2v) is 10.4. The molecule has 4 aliphatic rings. The van der Waals surface area contributed by atoms with E-state index < -0.39 is 5.97 Å². The van der Waals surface area contributed by atoms with Crippen LogP contribution in [0.1, 0.15) is 65.6 Å². The highest BCUT2D eigenvalue weighted by molar-refractivity contribution is 5.92. The Morgan fingerprint density at radius 2 is 1.70 bits per heavy atom. The highest BCUT2D eigenvalue weighted by Gasteiger charge is 2.51. The van der Waals surface area contributed by atoms with E-state index in [1.807, 2.05) is 6.07 Å². The molecule has 4 saturated carbocycles. The Labute approximate surface area is 196 Å². The van der Waals surface area contributed by atoms with Gasteiger partial charge in [-0.05, 0) is 104 Å². The molecule has 6 rings (SSSR count). The average Bonchev–Trinajstić information content (AvgIpc) is 2.79. The standard InChI is InChI=1S/C29H32O4/c1-19-10-25(29-16-21-11-22(17-29)13-23(12-21)18-29)6-7-27(19)33-9-8-26(30)15-20-4-3-5-24(14-20)28(31)32-2/h3-10,14,21-23H,11-13,15-18H2,1-2H3/b9-8+. The molecular weight excluding hydrogens is 412 g/mol. The van der Waals surface area contributed by atoms with Crippen LogP contribution in [0, 0.1) is 24.7 Å². The minimum atomic E-state index is -0.407. The van der Waals surface area contributed by atoms with Gasteiger partial charge in [-0.25, -0.2) is 4.79 Å². The van der Waals surface area contributed by atoms with Gasteiger partial charge in [0.2, 0.25) is 0 Å². The third-order valence-corrected chi connectivity index (χ3v) is 8.00. The fourth-order valence-corrected chi connectivity index (χ4v) is 6.95. The summed E-state index contributed by atoms with van der Waals surface area (Å²) in [6.07, 6.45) is 11.5. The number of carbonyl (C=O) groups is 2. The second kappa shape index (κ2) is 8.81. The van der Waals surface area contributed by atoms with E-state index in [4.69, 9.17) is 9.47 Å². The van der Waals surface area contributed by atoms with E-state index in [-0.39, 0.29) is 12.2 Å². The van der Waals surface area contributed by atoms with E-state index >= 15 is 0 Å². The van der Waals surface area contributed by atoms with Crippen LogP contribution in [-0.2, 0) is 21.4 Å². The summed E-state index contributed by atoms with van der Waals surface area (Å²) >= 11 is 0. The molecule has 33 heavy (non-hydrogen) atoms. The summed E-state index contributed by atoms with van der Waals surface area (Å²) in [5.41, 5.74) is 4.19. The molecule has 2 aromatic carbocycles. The Morgan fingerprint density at radius 3 is 2.33 bits per heavy atom. The van der Waals surface area contributed by atoms with Crippen LogP contribution in [-0.4, -0.2) is 18.9 Å². The van der Waals surface area contributed by atoms with E-state index in [1.54, 1.807) is 18.2 Å². The van der Waals surface area contributed by atoms with Gasteiger partial charge in [-0.3, -0.25) is 4.79 Å². The van der Waals surface area contributed by atoms with Gasteiger partial charge in [0.1, 0.15) is 5.75 Å². The Bertz CT molecular complexity index is 1060. The predicted octanol–water partition coefficient (Wildman–Crippen LogP) is 5.95. The minimum Gasteiger partial charge on any atom is -0.465 e. The number of allylic oxidation sites excluding steroid dienone is 1. The van der Waals surface area contributed by atoms with Crippen LogP contribution in [0.15, 0.2) is 54.8 Å². The van der Waals surface area contributed by atoms with Crippen molar-refractivity contribution in [1.82, 2.24) is 0 Å². The quantitative estimate of drug-likeness (QED) is 0.301. The lowest BCUT2D eigenvalue weighted by Gasteiger charge is -2.57. The zero-order chi connectivity index (χ0) is 23.0. The molecule has 0 atom stereocenters. The number of benzene rings is 2. The maximum atomic E-state index is 12.4. The van der Waals surface area contributed by atoms with Gasteiger partial charge in [0.15, 0.2) is 5.78 Å². The molecule has 0 aliphatic heterocycles. The smallest absolute Gasteiger partial charge is 0.337 e. The molecule has 172 valence electrons. The van der Waals surface area contributed by atoms with Gasteiger partial charge in [0, 0.05) is 12.5 Å². The van der Waals surface area contributed by atoms with Crippen LogP contribution >= 0.6 is 0 Å². The molecule has 0 unspecified atom stereocenters. The van der Waals surface area contributed by atoms with Crippen LogP contribution in [0.5, 0.6) is 5.75 Å². The Kier molecular flexibility index (Phi) is 5.86. The lowest BCUT2D eigenvalue weighted by molar-refractivity contribution is -0.114. The molecule has 4 nitrogen and oxygen atoms in total. The van der Waals surface area contributed by atoms with Crippen LogP contribution < -0.4 is 4.74 Å². The number of carbonyl (C=O) groups excluding carboxylic acids is 2. The third-order valence-electron chi connectivity index (χ3n) is 8.00. The van der Waals surface area contributed by atoms with Crippen molar-refractivity contribution in [3.8, 4) is 5.75 Å². The van der Waals surface area contributed by atoms with Crippen molar-refractivity contribution in [2.24, 2.45) is 17.8 Å². The number of rotatable bonds is 7. The predicted molar refractivity (Wildman–Crippen MR) is 127 cm³/mol. The van der Waals surface area contributed by atoms with Crippen LogP contribution in [0.25, 0.3) is 0 Å². The summed E-state index contributed by atoms with van der Waals surface area (Å²) in [6.45, 7) is 2.09. The second-order valence-electron chi connectivity index (χ2n) is 10.4. The lowest BCUT2D eigenvalue weighted by atomic mass is 9.48. The molecule has 4 bridgehead atoms. The highest BCUT2D eigenvalue weighted by Crippen LogP contribution is 2.60. The van der Waals surface area contributed by atoms with E-state index in [0.29, 0.717) is 11.0 Å². The van der Waals surface area contributed by atoms with Crippen molar-refractivity contribution in [2.75, 3.05) is 7.11 Å². The van der Waals surface area contributed by atoms with Crippen molar-refractivity contribution in [1.29, 1.82) is 0 Å². The number of esters is 1. The van der Waals surface area contributed by atoms with Crippen molar-refractivity contribution in [3.63, 3.8) is 0 Å². The first-order chi connectivity index (χ1) is 15.9. The normalized spacial score (nSPS) is 27.6. The molecule has 0 aromatic heterocycles. The summed E-state index contributed by atoms with van der Waals surface area (Å²) in [6, 6.07) is 13.6. The average molecular weight is 445 g/mol. The number of aryl methyl sites for hydroxylation is 1. The van der Waals surface area contributed by atoms with E-state index in [0.717, 1.165) is 34.6 Å². The lowest BCUT2D eigenvalue weighted by Crippen LogP contribution is -2.48. The van der Waals surface area contributed by atoms with Crippen molar-refractivity contribution in [2.45, 2.75) is 57.3 Å². The summed E-state index contributed by atoms with van der Waals surface area (Å²) in [5, 5.41) is 0. The molecule has 0 amide bonds. The molecule has 0 radical (unpaired) electrons. The van der Waals surface area contributed by atoms with Gasteiger partial charge in [-0.1, -0.05) is 24.3 Å². The Balaban J connectivity index is 1.22. The van der Waals surface area contributed by atoms with Crippen molar-refractivity contribution < 1.29 is 19.1 Å². The first-order valence-corrected chi connectivity index (χ1v) is 12.1. The Morgan fingerprint density at radius 1 is 1.00 bits per heavy atom. The molecule has 0 spiro atoms. The number of ketones is 1. The number of hydrogen-bond donors (Lipinski definition) is 0. The van der Waals surface area contributed by atoms with Crippen LogP contribution in [0.2, 0.25) is 0 Å². The molecule has 0 heterocycles. The topological polar surface area (TPSA) is 52.6 Å². The first-order valence-electron chi connectivity index (χ1n) is 12.1.